The summed E-state index contributed by atoms with van der Waals surface area (Å²) in [5.41, 5.74) is 3.98. The number of carbonyl (C=O) groups is 1. The first-order chi connectivity index (χ1) is 12.1. The number of fused-ring (bicyclic) bond motifs is 2. The Bertz CT molecular complexity index is 781. The summed E-state index contributed by atoms with van der Waals surface area (Å²) < 4.78 is 0. The van der Waals surface area contributed by atoms with Gasteiger partial charge in [-0.1, -0.05) is 12.1 Å². The fourth-order valence-corrected chi connectivity index (χ4v) is 4.55. The summed E-state index contributed by atoms with van der Waals surface area (Å²) >= 11 is 0. The number of aromatic nitrogens is 1. The van der Waals surface area contributed by atoms with Crippen molar-refractivity contribution in [3.05, 3.63) is 35.5 Å². The average molecular weight is 341 g/mol. The Hall–Kier alpha value is -2.05. The van der Waals surface area contributed by atoms with E-state index < -0.39 is 0 Å². The second-order valence-electron chi connectivity index (χ2n) is 7.16. The average Bonchev–Trinajstić information content (AvgIpc) is 3.06. The van der Waals surface area contributed by atoms with Crippen LogP contribution in [0, 0.1) is 0 Å². The maximum absolute atomic E-state index is 12.6. The number of nitrogens with one attached hydrogen (secondary N) is 2. The number of hydrogen-bond donors (Lipinski definition) is 3. The highest BCUT2D eigenvalue weighted by Crippen LogP contribution is 2.41. The number of benzene rings is 1. The lowest BCUT2D eigenvalue weighted by molar-refractivity contribution is 0.116. The lowest BCUT2D eigenvalue weighted by Crippen LogP contribution is -2.60. The number of nitrogens with zero attached hydrogens (tertiary/aromatic N) is 2. The zero-order chi connectivity index (χ0) is 17.6. The molecule has 0 bridgehead atoms. The summed E-state index contributed by atoms with van der Waals surface area (Å²) in [5.74, 6) is 6.62. The molecular formula is C19H27N5O. The predicted molar refractivity (Wildman–Crippen MR) is 99.3 cm³/mol. The third-order valence-electron chi connectivity index (χ3n) is 5.93. The molecule has 1 fully saturated rings. The molecule has 1 aliphatic heterocycles. The summed E-state index contributed by atoms with van der Waals surface area (Å²) in [6.07, 6.45) is 4.07. The smallest absolute Gasteiger partial charge is 0.334 e. The lowest BCUT2D eigenvalue weighted by Gasteiger charge is -2.43. The number of rotatable bonds is 3. The van der Waals surface area contributed by atoms with Crippen molar-refractivity contribution in [2.45, 2.75) is 44.7 Å². The van der Waals surface area contributed by atoms with Gasteiger partial charge in [-0.3, -0.25) is 5.01 Å². The number of hydrogen-bond acceptors (Lipinski definition) is 3. The predicted octanol–water partition coefficient (Wildman–Crippen LogP) is 2.18. The Morgan fingerprint density at radius 3 is 2.88 bits per heavy atom. The van der Waals surface area contributed by atoms with E-state index in [4.69, 9.17) is 5.84 Å². The zero-order valence-corrected chi connectivity index (χ0v) is 15.0. The van der Waals surface area contributed by atoms with E-state index in [9.17, 15) is 4.79 Å². The number of urea groups is 1. The Kier molecular flexibility index (Phi) is 4.17. The highest BCUT2D eigenvalue weighted by Gasteiger charge is 2.39. The van der Waals surface area contributed by atoms with Gasteiger partial charge in [0.1, 0.15) is 0 Å². The molecule has 0 saturated carbocycles. The largest absolute Gasteiger partial charge is 0.361 e. The van der Waals surface area contributed by atoms with Crippen molar-refractivity contribution >= 4 is 16.9 Å². The van der Waals surface area contributed by atoms with Crippen LogP contribution in [-0.2, 0) is 6.42 Å². The molecule has 1 unspecified atom stereocenters. The molecule has 1 saturated heterocycles. The van der Waals surface area contributed by atoms with Crippen molar-refractivity contribution in [3.8, 4) is 0 Å². The minimum atomic E-state index is -0.0772. The first-order valence-corrected chi connectivity index (χ1v) is 9.29. The quantitative estimate of drug-likeness (QED) is 0.455. The molecule has 2 aromatic rings. The second-order valence-corrected chi connectivity index (χ2v) is 7.16. The Morgan fingerprint density at radius 1 is 1.32 bits per heavy atom. The fourth-order valence-electron chi connectivity index (χ4n) is 4.55. The number of piperidine rings is 1. The number of H-pyrrole nitrogens is 1. The van der Waals surface area contributed by atoms with Gasteiger partial charge in [-0.15, -0.1) is 0 Å². The summed E-state index contributed by atoms with van der Waals surface area (Å²) in [4.78, 5) is 17.8. The monoisotopic (exact) mass is 341 g/mol. The van der Waals surface area contributed by atoms with Crippen LogP contribution in [0.1, 0.15) is 37.3 Å². The summed E-state index contributed by atoms with van der Waals surface area (Å²) in [6, 6.07) is 6.84. The summed E-state index contributed by atoms with van der Waals surface area (Å²) in [6.45, 7) is 6.09. The molecule has 1 aliphatic carbocycles. The Morgan fingerprint density at radius 2 is 2.12 bits per heavy atom. The van der Waals surface area contributed by atoms with Gasteiger partial charge in [0.25, 0.3) is 0 Å². The van der Waals surface area contributed by atoms with Crippen LogP contribution in [0.25, 0.3) is 10.9 Å². The van der Waals surface area contributed by atoms with Crippen LogP contribution in [0.15, 0.2) is 24.4 Å². The maximum atomic E-state index is 12.6. The zero-order valence-electron chi connectivity index (χ0n) is 15.0. The van der Waals surface area contributed by atoms with Crippen LogP contribution in [0.4, 0.5) is 4.79 Å². The van der Waals surface area contributed by atoms with E-state index in [-0.39, 0.29) is 12.1 Å². The van der Waals surface area contributed by atoms with Crippen LogP contribution in [-0.4, -0.2) is 52.6 Å². The van der Waals surface area contributed by atoms with Gasteiger partial charge in [0.05, 0.1) is 6.04 Å². The van der Waals surface area contributed by atoms with Gasteiger partial charge in [0.15, 0.2) is 0 Å². The first-order valence-electron chi connectivity index (χ1n) is 9.29. The van der Waals surface area contributed by atoms with Crippen molar-refractivity contribution in [1.29, 1.82) is 0 Å². The van der Waals surface area contributed by atoms with E-state index in [1.807, 2.05) is 13.8 Å². The van der Waals surface area contributed by atoms with Crippen molar-refractivity contribution in [1.82, 2.24) is 20.2 Å². The van der Waals surface area contributed by atoms with Crippen LogP contribution in [0.5, 0.6) is 0 Å². The molecule has 1 aromatic heterocycles. The molecule has 0 radical (unpaired) electrons. The van der Waals surface area contributed by atoms with E-state index >= 15 is 0 Å². The maximum Gasteiger partial charge on any atom is 0.334 e. The number of aromatic amines is 1. The topological polar surface area (TPSA) is 77.4 Å². The number of carbonyl (C=O) groups excluding carboxylic acids is 1. The number of hydrazine groups is 1. The molecule has 2 amide bonds. The molecule has 3 atom stereocenters. The van der Waals surface area contributed by atoms with Crippen molar-refractivity contribution in [2.75, 3.05) is 19.6 Å². The van der Waals surface area contributed by atoms with Gasteiger partial charge in [-0.05, 0) is 43.9 Å². The minimum absolute atomic E-state index is 0.0186. The molecule has 6 heteroatoms. The second kappa shape index (κ2) is 6.35. The van der Waals surface area contributed by atoms with Crippen LogP contribution in [0.3, 0.4) is 0 Å². The SMILES string of the molecule is CCN(CC)C(=O)N(N)C1CN[C@@H]2Cc3c[nH]c4cccc(c34)[C@H]2C1. The van der Waals surface area contributed by atoms with Gasteiger partial charge >= 0.3 is 6.03 Å². The van der Waals surface area contributed by atoms with E-state index in [2.05, 4.69) is 34.7 Å². The van der Waals surface area contributed by atoms with Crippen LogP contribution >= 0.6 is 0 Å². The molecule has 4 N–H and O–H groups in total. The van der Waals surface area contributed by atoms with Crippen molar-refractivity contribution < 1.29 is 4.79 Å². The normalized spacial score (nSPS) is 24.8. The van der Waals surface area contributed by atoms with E-state index in [0.29, 0.717) is 25.0 Å². The Labute approximate surface area is 148 Å². The molecular weight excluding hydrogens is 314 g/mol. The molecule has 0 spiro atoms. The molecule has 6 nitrogen and oxygen atoms in total. The molecule has 2 heterocycles. The van der Waals surface area contributed by atoms with Gasteiger partial charge in [0.2, 0.25) is 0 Å². The highest BCUT2D eigenvalue weighted by atomic mass is 16.2. The van der Waals surface area contributed by atoms with Crippen molar-refractivity contribution in [2.24, 2.45) is 5.84 Å². The first kappa shape index (κ1) is 16.4. The van der Waals surface area contributed by atoms with Gasteiger partial charge in [-0.2, -0.15) is 0 Å². The van der Waals surface area contributed by atoms with Crippen molar-refractivity contribution in [3.63, 3.8) is 0 Å². The molecule has 2 aliphatic rings. The standard InChI is InChI=1S/C19H27N5O/c1-3-23(4-2)19(25)24(20)13-9-15-14-6-5-7-16-18(14)12(10-21-16)8-17(15)22-11-13/h5-7,10,13,15,17,21-22H,3-4,8-9,11,20H2,1-2H3/t13?,15-,17-/m1/s1. The number of nitrogens with two attached hydrogens (primary N) is 1. The summed E-state index contributed by atoms with van der Waals surface area (Å²) in [7, 11) is 0. The molecule has 25 heavy (non-hydrogen) atoms. The van der Waals surface area contributed by atoms with Gasteiger partial charge < -0.3 is 15.2 Å². The molecule has 134 valence electrons. The molecule has 4 rings (SSSR count). The van der Waals surface area contributed by atoms with Crippen LogP contribution in [0.2, 0.25) is 0 Å². The van der Waals surface area contributed by atoms with Gasteiger partial charge in [-0.25, -0.2) is 10.6 Å². The van der Waals surface area contributed by atoms with Crippen LogP contribution < -0.4 is 11.2 Å². The Balaban J connectivity index is 1.59. The third kappa shape index (κ3) is 2.60. The fraction of sp³-hybridized carbons (Fsp3) is 0.526. The highest BCUT2D eigenvalue weighted by molar-refractivity contribution is 5.88. The minimum Gasteiger partial charge on any atom is -0.361 e. The van der Waals surface area contributed by atoms with E-state index in [0.717, 1.165) is 19.4 Å². The molecule has 1 aromatic carbocycles. The summed E-state index contributed by atoms with van der Waals surface area (Å²) in [5, 5.41) is 6.46. The van der Waals surface area contributed by atoms with E-state index in [1.54, 1.807) is 4.90 Å². The lowest BCUT2D eigenvalue weighted by atomic mass is 9.75. The van der Waals surface area contributed by atoms with E-state index in [1.165, 1.54) is 27.0 Å². The third-order valence-corrected chi connectivity index (χ3v) is 5.93. The van der Waals surface area contributed by atoms with Gasteiger partial charge in [0, 0.05) is 48.7 Å². The number of amides is 2.